The van der Waals surface area contributed by atoms with Crippen molar-refractivity contribution in [3.05, 3.63) is 0 Å². The highest BCUT2D eigenvalue weighted by Crippen LogP contribution is 2.66. The molecule has 1 N–H and O–H groups in total. The van der Waals surface area contributed by atoms with E-state index in [0.717, 1.165) is 23.7 Å². The molecule has 2 nitrogen and oxygen atoms in total. The summed E-state index contributed by atoms with van der Waals surface area (Å²) in [7, 11) is 0. The third-order valence-electron chi connectivity index (χ3n) is 9.62. The number of nitrogens with one attached hydrogen (secondary N) is 1. The number of amides is 1. The highest BCUT2D eigenvalue weighted by Gasteiger charge is 2.63. The van der Waals surface area contributed by atoms with Gasteiger partial charge in [0.25, 0.3) is 0 Å². The molecule has 6 aliphatic rings. The van der Waals surface area contributed by atoms with Crippen LogP contribution < -0.4 is 5.32 Å². The molecule has 0 aliphatic heterocycles. The summed E-state index contributed by atoms with van der Waals surface area (Å²) in [5.74, 6) is 3.84. The van der Waals surface area contributed by atoms with Gasteiger partial charge in [0.2, 0.25) is 5.91 Å². The van der Waals surface area contributed by atoms with E-state index in [-0.39, 0.29) is 5.41 Å². The maximum atomic E-state index is 13.4. The van der Waals surface area contributed by atoms with Crippen LogP contribution in [0.4, 0.5) is 0 Å². The van der Waals surface area contributed by atoms with Crippen molar-refractivity contribution in [3.8, 4) is 0 Å². The molecule has 0 aromatic rings. The summed E-state index contributed by atoms with van der Waals surface area (Å²) in [6.07, 6.45) is 11.7. The van der Waals surface area contributed by atoms with E-state index >= 15 is 0 Å². The lowest BCUT2D eigenvalue weighted by atomic mass is 9.49. The quantitative estimate of drug-likeness (QED) is 0.796. The topological polar surface area (TPSA) is 29.1 Å². The molecule has 6 rings (SSSR count). The normalized spacial score (nSPS) is 55.3. The summed E-state index contributed by atoms with van der Waals surface area (Å²) in [6, 6.07) is 0.428. The predicted molar refractivity (Wildman–Crippen MR) is 91.8 cm³/mol. The summed E-state index contributed by atoms with van der Waals surface area (Å²) in [6.45, 7) is 7.34. The molecule has 6 bridgehead atoms. The summed E-state index contributed by atoms with van der Waals surface area (Å²) in [5.41, 5.74) is 0.735. The monoisotopic (exact) mass is 315 g/mol. The summed E-state index contributed by atoms with van der Waals surface area (Å²) in [5, 5.41) is 3.62. The Bertz CT molecular complexity index is 515. The van der Waals surface area contributed by atoms with Crippen molar-refractivity contribution in [2.75, 3.05) is 0 Å². The van der Waals surface area contributed by atoms with E-state index in [4.69, 9.17) is 0 Å². The second-order valence-corrected chi connectivity index (χ2v) is 10.8. The number of carbonyl (C=O) groups excluding carboxylic acids is 1. The van der Waals surface area contributed by atoms with Gasteiger partial charge in [-0.3, -0.25) is 4.79 Å². The van der Waals surface area contributed by atoms with Crippen LogP contribution in [-0.4, -0.2) is 11.9 Å². The molecule has 0 radical (unpaired) electrons. The molecular weight excluding hydrogens is 282 g/mol. The maximum Gasteiger partial charge on any atom is 0.226 e. The first-order valence-corrected chi connectivity index (χ1v) is 10.1. The lowest BCUT2D eigenvalue weighted by Crippen LogP contribution is -2.57. The number of hydrogen-bond acceptors (Lipinski definition) is 1. The molecule has 128 valence electrons. The van der Waals surface area contributed by atoms with E-state index in [1.54, 1.807) is 0 Å². The highest BCUT2D eigenvalue weighted by molar-refractivity contribution is 5.83. The first kappa shape index (κ1) is 14.8. The third kappa shape index (κ3) is 1.79. The van der Waals surface area contributed by atoms with Gasteiger partial charge in [0, 0.05) is 11.5 Å². The fourth-order valence-corrected chi connectivity index (χ4v) is 8.12. The fraction of sp³-hybridized carbons (Fsp3) is 0.952. The van der Waals surface area contributed by atoms with Crippen molar-refractivity contribution in [1.29, 1.82) is 0 Å². The van der Waals surface area contributed by atoms with Gasteiger partial charge < -0.3 is 5.32 Å². The van der Waals surface area contributed by atoms with Crippen LogP contribution in [0.25, 0.3) is 0 Å². The van der Waals surface area contributed by atoms with Crippen molar-refractivity contribution in [1.82, 2.24) is 5.32 Å². The predicted octanol–water partition coefficient (Wildman–Crippen LogP) is 4.53. The Balaban J connectivity index is 1.37. The van der Waals surface area contributed by atoms with Gasteiger partial charge in [-0.05, 0) is 92.3 Å². The van der Waals surface area contributed by atoms with Gasteiger partial charge in [0.05, 0.1) is 0 Å². The number of hydrogen-bond donors (Lipinski definition) is 1. The molecule has 0 saturated heterocycles. The van der Waals surface area contributed by atoms with Crippen molar-refractivity contribution in [2.24, 2.45) is 39.9 Å². The lowest BCUT2D eigenvalue weighted by Gasteiger charge is -2.56. The molecule has 3 unspecified atom stereocenters. The molecule has 1 amide bonds. The Morgan fingerprint density at radius 2 is 1.48 bits per heavy atom. The van der Waals surface area contributed by atoms with Crippen LogP contribution in [0.2, 0.25) is 0 Å². The standard InChI is InChI=1S/C21H33NO/c1-19(2)16-4-5-20(19,3)17(9-16)22-18(23)21-10-13-6-14(11-21)8-15(7-13)12-21/h13-17H,4-12H2,1-3H3,(H,22,23). The molecule has 0 spiro atoms. The molecular formula is C21H33NO. The maximum absolute atomic E-state index is 13.4. The average molecular weight is 316 g/mol. The molecule has 2 heteroatoms. The molecule has 6 saturated carbocycles. The van der Waals surface area contributed by atoms with E-state index in [2.05, 4.69) is 26.1 Å². The molecule has 6 aliphatic carbocycles. The zero-order chi connectivity index (χ0) is 16.0. The highest BCUT2D eigenvalue weighted by atomic mass is 16.2. The minimum absolute atomic E-state index is 0.0249. The number of rotatable bonds is 2. The summed E-state index contributed by atoms with van der Waals surface area (Å²) < 4.78 is 0. The second-order valence-electron chi connectivity index (χ2n) is 10.8. The summed E-state index contributed by atoms with van der Waals surface area (Å²) in [4.78, 5) is 13.4. The number of carbonyl (C=O) groups is 1. The van der Waals surface area contributed by atoms with Crippen LogP contribution in [0.1, 0.15) is 78.6 Å². The van der Waals surface area contributed by atoms with Gasteiger partial charge in [0.15, 0.2) is 0 Å². The van der Waals surface area contributed by atoms with Gasteiger partial charge in [0.1, 0.15) is 0 Å². The first-order valence-electron chi connectivity index (χ1n) is 10.1. The molecule has 0 heterocycles. The molecule has 0 aromatic heterocycles. The molecule has 6 fully saturated rings. The smallest absolute Gasteiger partial charge is 0.226 e. The van der Waals surface area contributed by atoms with Crippen molar-refractivity contribution in [2.45, 2.75) is 84.6 Å². The summed E-state index contributed by atoms with van der Waals surface area (Å²) >= 11 is 0. The van der Waals surface area contributed by atoms with E-state index in [1.807, 2.05) is 0 Å². The van der Waals surface area contributed by atoms with Crippen LogP contribution in [0.15, 0.2) is 0 Å². The van der Waals surface area contributed by atoms with Gasteiger partial charge in [-0.15, -0.1) is 0 Å². The fourth-order valence-electron chi connectivity index (χ4n) is 8.12. The molecule has 0 aromatic carbocycles. The van der Waals surface area contributed by atoms with Crippen molar-refractivity contribution < 1.29 is 4.79 Å². The minimum Gasteiger partial charge on any atom is -0.352 e. The Labute approximate surface area is 141 Å². The average Bonchev–Trinajstić information content (AvgIpc) is 2.79. The third-order valence-corrected chi connectivity index (χ3v) is 9.62. The van der Waals surface area contributed by atoms with Crippen molar-refractivity contribution >= 4 is 5.91 Å². The van der Waals surface area contributed by atoms with Crippen LogP contribution in [-0.2, 0) is 4.79 Å². The van der Waals surface area contributed by atoms with Crippen LogP contribution >= 0.6 is 0 Å². The Morgan fingerprint density at radius 3 is 1.91 bits per heavy atom. The SMILES string of the molecule is CC1(C)C2CCC1(C)C(NC(=O)C13CC4CC(CC(C4)C1)C3)C2. The zero-order valence-corrected chi connectivity index (χ0v) is 15.2. The van der Waals surface area contributed by atoms with Gasteiger partial charge in [-0.2, -0.15) is 0 Å². The van der Waals surface area contributed by atoms with E-state index in [9.17, 15) is 4.79 Å². The Hall–Kier alpha value is -0.530. The minimum atomic E-state index is 0.0249. The lowest BCUT2D eigenvalue weighted by molar-refractivity contribution is -0.148. The second kappa shape index (κ2) is 4.35. The Morgan fingerprint density at radius 1 is 0.913 bits per heavy atom. The molecule has 3 atom stereocenters. The van der Waals surface area contributed by atoms with Crippen LogP contribution in [0.5, 0.6) is 0 Å². The number of fused-ring (bicyclic) bond motifs is 2. The van der Waals surface area contributed by atoms with E-state index in [0.29, 0.717) is 22.8 Å². The first-order chi connectivity index (χ1) is 10.8. The van der Waals surface area contributed by atoms with Crippen molar-refractivity contribution in [3.63, 3.8) is 0 Å². The van der Waals surface area contributed by atoms with Gasteiger partial charge in [-0.25, -0.2) is 0 Å². The zero-order valence-electron chi connectivity index (χ0n) is 15.2. The Kier molecular flexibility index (Phi) is 2.80. The van der Waals surface area contributed by atoms with E-state index < -0.39 is 0 Å². The molecule has 23 heavy (non-hydrogen) atoms. The largest absolute Gasteiger partial charge is 0.352 e. The van der Waals surface area contributed by atoms with Crippen LogP contribution in [0.3, 0.4) is 0 Å². The van der Waals surface area contributed by atoms with E-state index in [1.165, 1.54) is 57.8 Å². The van der Waals surface area contributed by atoms with Gasteiger partial charge in [-0.1, -0.05) is 20.8 Å². The van der Waals surface area contributed by atoms with Crippen LogP contribution in [0, 0.1) is 39.9 Å². The van der Waals surface area contributed by atoms with Gasteiger partial charge >= 0.3 is 0 Å².